The number of hydrogen-bond acceptors (Lipinski definition) is 2. The molecule has 0 atom stereocenters. The van der Waals surface area contributed by atoms with Gasteiger partial charge in [-0.25, -0.2) is 5.43 Å². The molecule has 1 fully saturated rings. The summed E-state index contributed by atoms with van der Waals surface area (Å²) in [5.74, 6) is 0.251. The number of amides is 1. The Morgan fingerprint density at radius 2 is 2.12 bits per heavy atom. The highest BCUT2D eigenvalue weighted by atomic mass is 16.2. The first kappa shape index (κ1) is 10.9. The quantitative estimate of drug-likeness (QED) is 0.608. The van der Waals surface area contributed by atoms with Crippen molar-refractivity contribution in [1.82, 2.24) is 5.43 Å². The van der Waals surface area contributed by atoms with E-state index < -0.39 is 0 Å². The molecule has 16 heavy (non-hydrogen) atoms. The molecule has 1 saturated carbocycles. The van der Waals surface area contributed by atoms with Gasteiger partial charge in [0.2, 0.25) is 5.91 Å². The van der Waals surface area contributed by atoms with E-state index in [1.807, 2.05) is 12.1 Å². The average molecular weight is 216 g/mol. The minimum absolute atomic E-state index is 0.0430. The maximum Gasteiger partial charge on any atom is 0.243 e. The monoisotopic (exact) mass is 216 g/mol. The molecule has 0 bridgehead atoms. The summed E-state index contributed by atoms with van der Waals surface area (Å²) in [6.45, 7) is 2.12. The highest BCUT2D eigenvalue weighted by molar-refractivity contribution is 5.84. The molecule has 0 radical (unpaired) electrons. The van der Waals surface area contributed by atoms with Crippen molar-refractivity contribution in [3.05, 3.63) is 35.4 Å². The number of nitrogens with zero attached hydrogens (tertiary/aromatic N) is 1. The molecule has 0 unspecified atom stereocenters. The predicted molar refractivity (Wildman–Crippen MR) is 64.3 cm³/mol. The first-order valence-electron chi connectivity index (χ1n) is 5.71. The maximum atomic E-state index is 11.3. The highest BCUT2D eigenvalue weighted by Crippen LogP contribution is 2.28. The smallest absolute Gasteiger partial charge is 0.243 e. The van der Waals surface area contributed by atoms with Crippen LogP contribution in [0.5, 0.6) is 0 Å². The Labute approximate surface area is 95.6 Å². The maximum absolute atomic E-state index is 11.3. The molecule has 1 amide bonds. The Morgan fingerprint density at radius 1 is 1.44 bits per heavy atom. The molecule has 1 aromatic rings. The summed E-state index contributed by atoms with van der Waals surface area (Å²) in [7, 11) is 0. The van der Waals surface area contributed by atoms with Gasteiger partial charge in [-0.15, -0.1) is 0 Å². The molecule has 2 rings (SSSR count). The predicted octanol–water partition coefficient (Wildman–Crippen LogP) is 2.11. The lowest BCUT2D eigenvalue weighted by Gasteiger charge is -1.98. The fraction of sp³-hybridized carbons (Fsp3) is 0.385. The van der Waals surface area contributed by atoms with Gasteiger partial charge in [0.15, 0.2) is 0 Å². The van der Waals surface area contributed by atoms with Gasteiger partial charge in [-0.1, -0.05) is 31.2 Å². The molecule has 1 aromatic carbocycles. The third kappa shape index (κ3) is 2.92. The van der Waals surface area contributed by atoms with E-state index >= 15 is 0 Å². The van der Waals surface area contributed by atoms with Gasteiger partial charge in [0.1, 0.15) is 0 Å². The number of rotatable bonds is 4. The number of aryl methyl sites for hydroxylation is 1. The largest absolute Gasteiger partial charge is 0.273 e. The van der Waals surface area contributed by atoms with Crippen LogP contribution < -0.4 is 5.43 Å². The van der Waals surface area contributed by atoms with E-state index in [1.54, 1.807) is 6.21 Å². The van der Waals surface area contributed by atoms with Crippen LogP contribution in [0, 0.1) is 5.92 Å². The molecule has 0 spiro atoms. The summed E-state index contributed by atoms with van der Waals surface area (Å²) in [5.41, 5.74) is 4.86. The van der Waals surface area contributed by atoms with Crippen molar-refractivity contribution < 1.29 is 4.79 Å². The lowest BCUT2D eigenvalue weighted by molar-refractivity contribution is -0.122. The van der Waals surface area contributed by atoms with E-state index in [9.17, 15) is 4.79 Å². The van der Waals surface area contributed by atoms with Crippen LogP contribution in [0.25, 0.3) is 0 Å². The Bertz CT molecular complexity index is 391. The second kappa shape index (κ2) is 4.92. The molecule has 84 valence electrons. The number of nitrogens with one attached hydrogen (secondary N) is 1. The van der Waals surface area contributed by atoms with E-state index in [4.69, 9.17) is 0 Å². The summed E-state index contributed by atoms with van der Waals surface area (Å²) >= 11 is 0. The lowest BCUT2D eigenvalue weighted by Crippen LogP contribution is -2.18. The third-order valence-corrected chi connectivity index (χ3v) is 2.72. The fourth-order valence-electron chi connectivity index (χ4n) is 1.45. The van der Waals surface area contributed by atoms with Gasteiger partial charge in [0.25, 0.3) is 0 Å². The molecule has 0 aliphatic heterocycles. The van der Waals surface area contributed by atoms with E-state index in [0.717, 1.165) is 24.8 Å². The van der Waals surface area contributed by atoms with Crippen molar-refractivity contribution in [2.24, 2.45) is 11.0 Å². The average Bonchev–Trinajstić information content (AvgIpc) is 3.14. The van der Waals surface area contributed by atoms with Gasteiger partial charge in [0, 0.05) is 5.92 Å². The van der Waals surface area contributed by atoms with Crippen LogP contribution >= 0.6 is 0 Å². The van der Waals surface area contributed by atoms with Crippen LogP contribution in [-0.4, -0.2) is 12.1 Å². The molecule has 3 nitrogen and oxygen atoms in total. The van der Waals surface area contributed by atoms with Gasteiger partial charge < -0.3 is 0 Å². The SMILES string of the molecule is CCc1ccc(C=NNC(=O)C2CC2)cc1. The number of carbonyl (C=O) groups is 1. The van der Waals surface area contributed by atoms with Crippen molar-refractivity contribution in [2.45, 2.75) is 26.2 Å². The Hall–Kier alpha value is -1.64. The molecule has 3 heteroatoms. The molecule has 1 aliphatic rings. The fourth-order valence-corrected chi connectivity index (χ4v) is 1.45. The molecular weight excluding hydrogens is 200 g/mol. The lowest BCUT2D eigenvalue weighted by atomic mass is 10.1. The van der Waals surface area contributed by atoms with Gasteiger partial charge in [-0.05, 0) is 30.4 Å². The molecule has 1 aliphatic carbocycles. The van der Waals surface area contributed by atoms with Crippen LogP contribution in [0.15, 0.2) is 29.4 Å². The van der Waals surface area contributed by atoms with Crippen LogP contribution in [0.4, 0.5) is 0 Å². The molecule has 0 saturated heterocycles. The standard InChI is InChI=1S/C13H16N2O/c1-2-10-3-5-11(6-4-10)9-14-15-13(16)12-7-8-12/h3-6,9,12H,2,7-8H2,1H3,(H,15,16). The molecule has 0 aromatic heterocycles. The van der Waals surface area contributed by atoms with Crippen molar-refractivity contribution in [1.29, 1.82) is 0 Å². The minimum Gasteiger partial charge on any atom is -0.273 e. The van der Waals surface area contributed by atoms with E-state index in [1.165, 1.54) is 5.56 Å². The number of benzene rings is 1. The number of hydrazone groups is 1. The number of hydrogen-bond donors (Lipinski definition) is 1. The summed E-state index contributed by atoms with van der Waals surface area (Å²) in [4.78, 5) is 11.3. The number of carbonyl (C=O) groups excluding carboxylic acids is 1. The van der Waals surface area contributed by atoms with E-state index in [-0.39, 0.29) is 11.8 Å². The minimum atomic E-state index is 0.0430. The van der Waals surface area contributed by atoms with Crippen LogP contribution in [0.3, 0.4) is 0 Å². The van der Waals surface area contributed by atoms with E-state index in [0.29, 0.717) is 0 Å². The summed E-state index contributed by atoms with van der Waals surface area (Å²) < 4.78 is 0. The van der Waals surface area contributed by atoms with Gasteiger partial charge in [-0.2, -0.15) is 5.10 Å². The second-order valence-electron chi connectivity index (χ2n) is 4.10. The van der Waals surface area contributed by atoms with Crippen molar-refractivity contribution in [3.63, 3.8) is 0 Å². The van der Waals surface area contributed by atoms with Gasteiger partial charge in [0.05, 0.1) is 6.21 Å². The first-order chi connectivity index (χ1) is 7.79. The molecule has 0 heterocycles. The zero-order valence-electron chi connectivity index (χ0n) is 9.44. The van der Waals surface area contributed by atoms with Gasteiger partial charge in [-0.3, -0.25) is 4.79 Å². The second-order valence-corrected chi connectivity index (χ2v) is 4.10. The zero-order chi connectivity index (χ0) is 11.4. The zero-order valence-corrected chi connectivity index (χ0v) is 9.44. The Morgan fingerprint density at radius 3 is 2.69 bits per heavy atom. The molecule has 1 N–H and O–H groups in total. The molecular formula is C13H16N2O. The van der Waals surface area contributed by atoms with Crippen LogP contribution in [0.2, 0.25) is 0 Å². The first-order valence-corrected chi connectivity index (χ1v) is 5.71. The van der Waals surface area contributed by atoms with Crippen molar-refractivity contribution in [2.75, 3.05) is 0 Å². The van der Waals surface area contributed by atoms with Crippen LogP contribution in [0.1, 0.15) is 30.9 Å². The Kier molecular flexibility index (Phi) is 3.34. The highest BCUT2D eigenvalue weighted by Gasteiger charge is 2.29. The van der Waals surface area contributed by atoms with Crippen LogP contribution in [-0.2, 0) is 11.2 Å². The van der Waals surface area contributed by atoms with Crippen molar-refractivity contribution in [3.8, 4) is 0 Å². The third-order valence-electron chi connectivity index (χ3n) is 2.72. The van der Waals surface area contributed by atoms with Crippen molar-refractivity contribution >= 4 is 12.1 Å². The topological polar surface area (TPSA) is 41.5 Å². The van der Waals surface area contributed by atoms with E-state index in [2.05, 4.69) is 29.6 Å². The normalized spacial score (nSPS) is 15.3. The summed E-state index contributed by atoms with van der Waals surface area (Å²) in [6.07, 6.45) is 4.73. The summed E-state index contributed by atoms with van der Waals surface area (Å²) in [5, 5.41) is 3.93. The van der Waals surface area contributed by atoms with Gasteiger partial charge >= 0.3 is 0 Å². The Balaban J connectivity index is 1.87. The summed E-state index contributed by atoms with van der Waals surface area (Å²) in [6, 6.07) is 8.16.